The molecule has 0 aromatic heterocycles. The monoisotopic (exact) mass is 292 g/mol. The van der Waals surface area contributed by atoms with Crippen molar-refractivity contribution in [1.29, 1.82) is 0 Å². The molecule has 1 aromatic carbocycles. The average molecular weight is 292 g/mol. The Labute approximate surface area is 123 Å². The highest BCUT2D eigenvalue weighted by Crippen LogP contribution is 2.17. The maximum absolute atomic E-state index is 12.0. The second-order valence-electron chi connectivity index (χ2n) is 5.12. The van der Waals surface area contributed by atoms with E-state index in [-0.39, 0.29) is 11.8 Å². The van der Waals surface area contributed by atoms with Crippen LogP contribution in [0.2, 0.25) is 0 Å². The molecule has 21 heavy (non-hydrogen) atoms. The summed E-state index contributed by atoms with van der Waals surface area (Å²) in [4.78, 5) is 22.9. The van der Waals surface area contributed by atoms with E-state index in [1.54, 1.807) is 19.1 Å². The molecule has 1 aromatic rings. The Hall–Kier alpha value is -1.92. The quantitative estimate of drug-likeness (QED) is 0.842. The summed E-state index contributed by atoms with van der Waals surface area (Å²) in [6.45, 7) is 5.12. The van der Waals surface area contributed by atoms with Crippen LogP contribution in [0.15, 0.2) is 24.3 Å². The van der Waals surface area contributed by atoms with Crippen molar-refractivity contribution in [3.05, 3.63) is 35.4 Å². The van der Waals surface area contributed by atoms with E-state index in [1.807, 2.05) is 12.1 Å². The number of carbonyl (C=O) groups excluding carboxylic acids is 2. The molecule has 1 fully saturated rings. The summed E-state index contributed by atoms with van der Waals surface area (Å²) in [5.41, 5.74) is 1.50. The van der Waals surface area contributed by atoms with Gasteiger partial charge in [-0.15, -0.1) is 0 Å². The van der Waals surface area contributed by atoms with Crippen molar-refractivity contribution in [2.75, 3.05) is 19.8 Å². The molecule has 0 atom stereocenters. The van der Waals surface area contributed by atoms with Gasteiger partial charge in [0.25, 0.3) is 5.91 Å². The van der Waals surface area contributed by atoms with Crippen LogP contribution in [0.4, 0.5) is 0 Å². The van der Waals surface area contributed by atoms with Crippen molar-refractivity contribution in [2.24, 2.45) is 0 Å². The third kappa shape index (κ3) is 4.54. The molecule has 0 aliphatic carbocycles. The van der Waals surface area contributed by atoms with Crippen molar-refractivity contribution in [3.8, 4) is 0 Å². The number of benzene rings is 1. The van der Waals surface area contributed by atoms with Crippen molar-refractivity contribution in [3.63, 3.8) is 0 Å². The van der Waals surface area contributed by atoms with E-state index in [1.165, 1.54) is 6.92 Å². The molecule has 0 bridgehead atoms. The lowest BCUT2D eigenvalue weighted by Crippen LogP contribution is -2.41. The lowest BCUT2D eigenvalue weighted by atomic mass is 10.1. The summed E-state index contributed by atoms with van der Waals surface area (Å²) in [6.07, 6.45) is 0. The molecule has 114 valence electrons. The Kier molecular flexibility index (Phi) is 4.93. The van der Waals surface area contributed by atoms with Gasteiger partial charge in [-0.1, -0.05) is 12.1 Å². The fraction of sp³-hybridized carbons (Fsp3) is 0.467. The maximum Gasteiger partial charge on any atom is 0.251 e. The molecule has 0 saturated carbocycles. The summed E-state index contributed by atoms with van der Waals surface area (Å²) in [7, 11) is 0. The van der Waals surface area contributed by atoms with Crippen molar-refractivity contribution in [1.82, 2.24) is 10.6 Å². The number of amides is 2. The number of carbonyl (C=O) groups is 2. The number of hydrogen-bond donors (Lipinski definition) is 2. The molecule has 6 heteroatoms. The van der Waals surface area contributed by atoms with Crippen LogP contribution in [0.3, 0.4) is 0 Å². The summed E-state index contributed by atoms with van der Waals surface area (Å²) in [5, 5.41) is 5.50. The average Bonchev–Trinajstić information content (AvgIpc) is 2.90. The minimum Gasteiger partial charge on any atom is -0.352 e. The van der Waals surface area contributed by atoms with Gasteiger partial charge in [0.05, 0.1) is 19.8 Å². The SMILES string of the molecule is CC(=O)NCc1ccc(C(=O)NCC2(C)OCCO2)cc1. The molecule has 1 aliphatic rings. The van der Waals surface area contributed by atoms with Crippen LogP contribution in [0.1, 0.15) is 29.8 Å². The molecular weight excluding hydrogens is 272 g/mol. The van der Waals surface area contributed by atoms with Crippen LogP contribution < -0.4 is 10.6 Å². The van der Waals surface area contributed by atoms with Gasteiger partial charge in [-0.3, -0.25) is 9.59 Å². The lowest BCUT2D eigenvalue weighted by Gasteiger charge is -2.22. The third-order valence-electron chi connectivity index (χ3n) is 3.23. The Balaban J connectivity index is 1.86. The van der Waals surface area contributed by atoms with E-state index in [9.17, 15) is 9.59 Å². The smallest absolute Gasteiger partial charge is 0.251 e. The minimum atomic E-state index is -0.735. The Morgan fingerprint density at radius 3 is 2.33 bits per heavy atom. The zero-order chi connectivity index (χ0) is 15.3. The summed E-state index contributed by atoms with van der Waals surface area (Å²) < 4.78 is 10.8. The molecule has 2 rings (SSSR count). The van der Waals surface area contributed by atoms with Crippen molar-refractivity contribution >= 4 is 11.8 Å². The topological polar surface area (TPSA) is 76.7 Å². The molecule has 1 aliphatic heterocycles. The molecule has 0 spiro atoms. The maximum atomic E-state index is 12.0. The second kappa shape index (κ2) is 6.69. The van der Waals surface area contributed by atoms with Gasteiger partial charge in [0.15, 0.2) is 5.79 Å². The Morgan fingerprint density at radius 2 is 1.76 bits per heavy atom. The first-order chi connectivity index (χ1) is 9.98. The van der Waals surface area contributed by atoms with E-state index in [0.717, 1.165) is 5.56 Å². The van der Waals surface area contributed by atoms with Crippen LogP contribution in [0.5, 0.6) is 0 Å². The molecule has 0 radical (unpaired) electrons. The summed E-state index contributed by atoms with van der Waals surface area (Å²) >= 11 is 0. The normalized spacial score (nSPS) is 16.5. The fourth-order valence-corrected chi connectivity index (χ4v) is 2.00. The van der Waals surface area contributed by atoms with Crippen LogP contribution in [-0.4, -0.2) is 37.4 Å². The van der Waals surface area contributed by atoms with E-state index >= 15 is 0 Å². The molecule has 0 unspecified atom stereocenters. The lowest BCUT2D eigenvalue weighted by molar-refractivity contribution is -0.136. The van der Waals surface area contributed by atoms with Crippen molar-refractivity contribution < 1.29 is 19.1 Å². The number of nitrogens with one attached hydrogen (secondary N) is 2. The largest absolute Gasteiger partial charge is 0.352 e. The van der Waals surface area contributed by atoms with Gasteiger partial charge in [-0.05, 0) is 24.6 Å². The van der Waals surface area contributed by atoms with Gasteiger partial charge in [0.1, 0.15) is 0 Å². The number of ether oxygens (including phenoxy) is 2. The van der Waals surface area contributed by atoms with E-state index in [2.05, 4.69) is 10.6 Å². The number of hydrogen-bond acceptors (Lipinski definition) is 4. The van der Waals surface area contributed by atoms with Gasteiger partial charge in [0.2, 0.25) is 5.91 Å². The third-order valence-corrected chi connectivity index (χ3v) is 3.23. The van der Waals surface area contributed by atoms with Gasteiger partial charge >= 0.3 is 0 Å². The predicted octanol–water partition coefficient (Wildman–Crippen LogP) is 0.815. The second-order valence-corrected chi connectivity index (χ2v) is 5.12. The first kappa shape index (κ1) is 15.5. The molecule has 2 N–H and O–H groups in total. The Bertz CT molecular complexity index is 507. The van der Waals surface area contributed by atoms with Crippen molar-refractivity contribution in [2.45, 2.75) is 26.2 Å². The van der Waals surface area contributed by atoms with E-state index in [0.29, 0.717) is 31.9 Å². The highest BCUT2D eigenvalue weighted by atomic mass is 16.7. The van der Waals surface area contributed by atoms with E-state index < -0.39 is 5.79 Å². The Morgan fingerprint density at radius 1 is 1.14 bits per heavy atom. The first-order valence-electron chi connectivity index (χ1n) is 6.88. The minimum absolute atomic E-state index is 0.0818. The van der Waals surface area contributed by atoms with Gasteiger partial charge < -0.3 is 20.1 Å². The summed E-state index contributed by atoms with van der Waals surface area (Å²) in [5.74, 6) is -0.996. The zero-order valence-corrected chi connectivity index (χ0v) is 12.3. The molecule has 6 nitrogen and oxygen atoms in total. The first-order valence-corrected chi connectivity index (χ1v) is 6.88. The highest BCUT2D eigenvalue weighted by Gasteiger charge is 2.31. The molecular formula is C15H20N2O4. The number of rotatable bonds is 5. The molecule has 2 amide bonds. The summed E-state index contributed by atoms with van der Waals surface area (Å²) in [6, 6.07) is 7.08. The fourth-order valence-electron chi connectivity index (χ4n) is 2.00. The predicted molar refractivity (Wildman–Crippen MR) is 76.6 cm³/mol. The van der Waals surface area contributed by atoms with Crippen LogP contribution in [0, 0.1) is 0 Å². The van der Waals surface area contributed by atoms with Crippen LogP contribution >= 0.6 is 0 Å². The molecule has 1 saturated heterocycles. The zero-order valence-electron chi connectivity index (χ0n) is 12.3. The van der Waals surface area contributed by atoms with Crippen LogP contribution in [0.25, 0.3) is 0 Å². The van der Waals surface area contributed by atoms with E-state index in [4.69, 9.17) is 9.47 Å². The molecule has 1 heterocycles. The van der Waals surface area contributed by atoms with Gasteiger partial charge in [0, 0.05) is 19.0 Å². The van der Waals surface area contributed by atoms with Gasteiger partial charge in [-0.2, -0.15) is 0 Å². The van der Waals surface area contributed by atoms with Crippen LogP contribution in [-0.2, 0) is 20.8 Å². The standard InChI is InChI=1S/C15H20N2O4/c1-11(18)16-9-12-3-5-13(6-4-12)14(19)17-10-15(2)20-7-8-21-15/h3-6H,7-10H2,1-2H3,(H,16,18)(H,17,19). The highest BCUT2D eigenvalue weighted by molar-refractivity contribution is 5.94. The van der Waals surface area contributed by atoms with Gasteiger partial charge in [-0.25, -0.2) is 0 Å².